The molecule has 1 unspecified atom stereocenters. The lowest BCUT2D eigenvalue weighted by Gasteiger charge is -2.27. The smallest absolute Gasteiger partial charge is 0.131 e. The molecule has 108 valence electrons. The maximum absolute atomic E-state index is 5.86. The summed E-state index contributed by atoms with van der Waals surface area (Å²) in [7, 11) is 0. The van der Waals surface area contributed by atoms with Gasteiger partial charge < -0.3 is 10.6 Å². The molecule has 0 aromatic carbocycles. The number of aromatic nitrogens is 2. The van der Waals surface area contributed by atoms with Crippen molar-refractivity contribution in [2.45, 2.75) is 53.5 Å². The predicted molar refractivity (Wildman–Crippen MR) is 81.4 cm³/mol. The summed E-state index contributed by atoms with van der Waals surface area (Å²) in [5, 5.41) is 0. The average molecular weight is 264 g/mol. The first-order valence-electron chi connectivity index (χ1n) is 7.34. The fourth-order valence-corrected chi connectivity index (χ4v) is 2.02. The number of hydrogen-bond donors (Lipinski definition) is 1. The van der Waals surface area contributed by atoms with E-state index in [1.54, 1.807) is 0 Å². The van der Waals surface area contributed by atoms with Crippen molar-refractivity contribution in [1.82, 2.24) is 9.97 Å². The molecule has 1 rings (SSSR count). The number of nitrogens with two attached hydrogens (primary N) is 1. The van der Waals surface area contributed by atoms with E-state index in [-0.39, 0.29) is 0 Å². The van der Waals surface area contributed by atoms with Crippen LogP contribution in [0.1, 0.15) is 58.5 Å². The van der Waals surface area contributed by atoms with Crippen molar-refractivity contribution in [2.75, 3.05) is 18.0 Å². The molecule has 0 fully saturated rings. The lowest BCUT2D eigenvalue weighted by molar-refractivity contribution is 0.545. The van der Waals surface area contributed by atoms with Crippen LogP contribution in [0.15, 0.2) is 6.20 Å². The zero-order valence-corrected chi connectivity index (χ0v) is 13.0. The molecule has 0 spiro atoms. The molecule has 0 aliphatic rings. The van der Waals surface area contributed by atoms with E-state index in [2.05, 4.69) is 49.5 Å². The second-order valence-electron chi connectivity index (χ2n) is 5.47. The van der Waals surface area contributed by atoms with Gasteiger partial charge in [-0.15, -0.1) is 0 Å². The quantitative estimate of drug-likeness (QED) is 0.822. The summed E-state index contributed by atoms with van der Waals surface area (Å²) in [6.07, 6.45) is 3.12. The summed E-state index contributed by atoms with van der Waals surface area (Å²) in [6.45, 7) is 13.3. The fraction of sp³-hybridized carbons (Fsp3) is 0.733. The Hall–Kier alpha value is -1.16. The van der Waals surface area contributed by atoms with Gasteiger partial charge in [0.2, 0.25) is 0 Å². The van der Waals surface area contributed by atoms with Gasteiger partial charge in [0, 0.05) is 25.6 Å². The SMILES string of the molecule is CCC(C)CN(CC)c1cnc(C(C)C)nc1CN. The zero-order chi connectivity index (χ0) is 14.4. The number of rotatable bonds is 7. The summed E-state index contributed by atoms with van der Waals surface area (Å²) in [5.74, 6) is 1.88. The molecule has 1 aromatic heterocycles. The van der Waals surface area contributed by atoms with Crippen LogP contribution in [0, 0.1) is 5.92 Å². The van der Waals surface area contributed by atoms with Gasteiger partial charge in [0.25, 0.3) is 0 Å². The monoisotopic (exact) mass is 264 g/mol. The Bertz CT molecular complexity index is 390. The van der Waals surface area contributed by atoms with Crippen molar-refractivity contribution in [2.24, 2.45) is 11.7 Å². The minimum absolute atomic E-state index is 0.337. The molecule has 0 saturated carbocycles. The van der Waals surface area contributed by atoms with E-state index in [1.807, 2.05) is 6.20 Å². The Morgan fingerprint density at radius 1 is 1.26 bits per heavy atom. The highest BCUT2D eigenvalue weighted by Crippen LogP contribution is 2.21. The Labute approximate surface area is 117 Å². The first-order chi connectivity index (χ1) is 9.03. The Morgan fingerprint density at radius 2 is 1.95 bits per heavy atom. The first kappa shape index (κ1) is 15.9. The molecule has 0 aliphatic heterocycles. The van der Waals surface area contributed by atoms with Crippen LogP contribution >= 0.6 is 0 Å². The van der Waals surface area contributed by atoms with E-state index < -0.39 is 0 Å². The highest BCUT2D eigenvalue weighted by molar-refractivity contribution is 5.49. The van der Waals surface area contributed by atoms with Crippen LogP contribution in [0.5, 0.6) is 0 Å². The number of nitrogens with zero attached hydrogens (tertiary/aromatic N) is 3. The molecule has 1 heterocycles. The second-order valence-corrected chi connectivity index (χ2v) is 5.47. The van der Waals surface area contributed by atoms with E-state index in [0.717, 1.165) is 30.3 Å². The van der Waals surface area contributed by atoms with E-state index >= 15 is 0 Å². The average Bonchev–Trinajstić information content (AvgIpc) is 2.43. The second kappa shape index (κ2) is 7.43. The standard InChI is InChI=1S/C15H28N4/c1-6-12(5)10-19(7-2)14-9-17-15(11(3)4)18-13(14)8-16/h9,11-12H,6-8,10,16H2,1-5H3. The van der Waals surface area contributed by atoms with E-state index in [0.29, 0.717) is 18.4 Å². The minimum atomic E-state index is 0.337. The molecule has 0 aliphatic carbocycles. The lowest BCUT2D eigenvalue weighted by atomic mass is 10.1. The van der Waals surface area contributed by atoms with Crippen LogP contribution in [-0.4, -0.2) is 23.1 Å². The maximum atomic E-state index is 5.86. The van der Waals surface area contributed by atoms with Crippen LogP contribution in [0.2, 0.25) is 0 Å². The topological polar surface area (TPSA) is 55.0 Å². The molecule has 4 heteroatoms. The van der Waals surface area contributed by atoms with Crippen molar-refractivity contribution in [3.63, 3.8) is 0 Å². The van der Waals surface area contributed by atoms with Gasteiger partial charge in [-0.05, 0) is 12.8 Å². The van der Waals surface area contributed by atoms with Crippen molar-refractivity contribution < 1.29 is 0 Å². The molecular weight excluding hydrogens is 236 g/mol. The van der Waals surface area contributed by atoms with Crippen LogP contribution < -0.4 is 10.6 Å². The van der Waals surface area contributed by atoms with Crippen LogP contribution in [0.4, 0.5) is 5.69 Å². The molecule has 19 heavy (non-hydrogen) atoms. The Morgan fingerprint density at radius 3 is 2.42 bits per heavy atom. The molecule has 0 radical (unpaired) electrons. The van der Waals surface area contributed by atoms with Gasteiger partial charge in [-0.1, -0.05) is 34.1 Å². The van der Waals surface area contributed by atoms with Gasteiger partial charge in [0.05, 0.1) is 17.6 Å². The number of hydrogen-bond acceptors (Lipinski definition) is 4. The normalized spacial score (nSPS) is 12.8. The van der Waals surface area contributed by atoms with Crippen molar-refractivity contribution in [3.8, 4) is 0 Å². The van der Waals surface area contributed by atoms with Gasteiger partial charge in [-0.25, -0.2) is 9.97 Å². The van der Waals surface area contributed by atoms with E-state index in [1.165, 1.54) is 6.42 Å². The Balaban J connectivity index is 3.02. The van der Waals surface area contributed by atoms with Gasteiger partial charge in [-0.2, -0.15) is 0 Å². The molecule has 1 aromatic rings. The van der Waals surface area contributed by atoms with Gasteiger partial charge >= 0.3 is 0 Å². The largest absolute Gasteiger partial charge is 0.369 e. The van der Waals surface area contributed by atoms with Gasteiger partial charge in [0.1, 0.15) is 5.82 Å². The molecule has 1 atom stereocenters. The highest BCUT2D eigenvalue weighted by Gasteiger charge is 2.15. The summed E-state index contributed by atoms with van der Waals surface area (Å²) in [5.41, 5.74) is 7.91. The van der Waals surface area contributed by atoms with Crippen LogP contribution in [0.25, 0.3) is 0 Å². The minimum Gasteiger partial charge on any atom is -0.369 e. The lowest BCUT2D eigenvalue weighted by Crippen LogP contribution is -2.30. The van der Waals surface area contributed by atoms with Crippen LogP contribution in [0.3, 0.4) is 0 Å². The van der Waals surface area contributed by atoms with Crippen molar-refractivity contribution >= 4 is 5.69 Å². The van der Waals surface area contributed by atoms with Crippen LogP contribution in [-0.2, 0) is 6.54 Å². The highest BCUT2D eigenvalue weighted by atomic mass is 15.1. The zero-order valence-electron chi connectivity index (χ0n) is 13.0. The summed E-state index contributed by atoms with van der Waals surface area (Å²) >= 11 is 0. The van der Waals surface area contributed by atoms with Crippen molar-refractivity contribution in [1.29, 1.82) is 0 Å². The van der Waals surface area contributed by atoms with Crippen molar-refractivity contribution in [3.05, 3.63) is 17.7 Å². The molecule has 0 saturated heterocycles. The molecule has 2 N–H and O–H groups in total. The van der Waals surface area contributed by atoms with Gasteiger partial charge in [0.15, 0.2) is 0 Å². The third-order valence-corrected chi connectivity index (χ3v) is 3.53. The fourth-order valence-electron chi connectivity index (χ4n) is 2.02. The Kier molecular flexibility index (Phi) is 6.22. The maximum Gasteiger partial charge on any atom is 0.131 e. The third kappa shape index (κ3) is 4.16. The third-order valence-electron chi connectivity index (χ3n) is 3.53. The van der Waals surface area contributed by atoms with E-state index in [9.17, 15) is 0 Å². The molecule has 0 bridgehead atoms. The summed E-state index contributed by atoms with van der Waals surface area (Å²) in [6, 6.07) is 0. The molecule has 4 nitrogen and oxygen atoms in total. The first-order valence-corrected chi connectivity index (χ1v) is 7.34. The molecular formula is C15H28N4. The predicted octanol–water partition coefficient (Wildman–Crippen LogP) is 2.93. The number of anilines is 1. The molecule has 0 amide bonds. The van der Waals surface area contributed by atoms with Gasteiger partial charge in [-0.3, -0.25) is 0 Å². The van der Waals surface area contributed by atoms with E-state index in [4.69, 9.17) is 5.73 Å². The summed E-state index contributed by atoms with van der Waals surface area (Å²) < 4.78 is 0. The summed E-state index contributed by atoms with van der Waals surface area (Å²) in [4.78, 5) is 11.4.